The number of aryl methyl sites for hydroxylation is 1. The topological polar surface area (TPSA) is 83.0 Å². The van der Waals surface area contributed by atoms with E-state index < -0.39 is 5.41 Å². The number of aromatic nitrogens is 3. The first-order valence-electron chi connectivity index (χ1n) is 5.86. The molecule has 17 heavy (non-hydrogen) atoms. The summed E-state index contributed by atoms with van der Waals surface area (Å²) in [5.41, 5.74) is 4.87. The molecule has 0 bridgehead atoms. The van der Waals surface area contributed by atoms with Crippen molar-refractivity contribution in [3.05, 3.63) is 5.82 Å². The van der Waals surface area contributed by atoms with E-state index in [4.69, 9.17) is 10.5 Å². The summed E-state index contributed by atoms with van der Waals surface area (Å²) in [5.74, 6) is 0.465. The van der Waals surface area contributed by atoms with Gasteiger partial charge in [-0.1, -0.05) is 13.8 Å². The van der Waals surface area contributed by atoms with Gasteiger partial charge in [-0.25, -0.2) is 4.68 Å². The predicted molar refractivity (Wildman–Crippen MR) is 64.3 cm³/mol. The molecule has 1 rings (SSSR count). The van der Waals surface area contributed by atoms with E-state index >= 15 is 0 Å². The first-order valence-corrected chi connectivity index (χ1v) is 5.86. The molecule has 1 aromatic heterocycles. The van der Waals surface area contributed by atoms with Crippen LogP contribution < -0.4 is 5.73 Å². The minimum absolute atomic E-state index is 0.282. The van der Waals surface area contributed by atoms with Gasteiger partial charge in [0.05, 0.1) is 6.61 Å². The van der Waals surface area contributed by atoms with Crippen LogP contribution in [0.15, 0.2) is 0 Å². The molecule has 0 aliphatic heterocycles. The highest BCUT2D eigenvalue weighted by molar-refractivity contribution is 5.82. The van der Waals surface area contributed by atoms with Gasteiger partial charge in [0.25, 0.3) is 0 Å². The molecule has 0 atom stereocenters. The first kappa shape index (κ1) is 13.5. The second-order valence-electron chi connectivity index (χ2n) is 3.93. The number of rotatable bonds is 5. The van der Waals surface area contributed by atoms with Crippen LogP contribution >= 0.6 is 0 Å². The largest absolute Gasteiger partial charge is 0.465 e. The Morgan fingerprint density at radius 2 is 2.00 bits per heavy atom. The molecule has 0 unspecified atom stereocenters. The summed E-state index contributed by atoms with van der Waals surface area (Å²) in [7, 11) is 1.70. The standard InChI is InChI=1S/C11H20N4O2/c1-5-11(6-2,9(16)17-7-3)8-13-10(12)15(4)14-8/h5-7H2,1-4H3,(H2,12,13,14). The Bertz CT molecular complexity index is 377. The lowest BCUT2D eigenvalue weighted by atomic mass is 9.81. The average molecular weight is 240 g/mol. The van der Waals surface area contributed by atoms with Crippen LogP contribution in [-0.4, -0.2) is 27.3 Å². The van der Waals surface area contributed by atoms with E-state index in [0.29, 0.717) is 31.2 Å². The van der Waals surface area contributed by atoms with Gasteiger partial charge in [-0.05, 0) is 19.8 Å². The fourth-order valence-corrected chi connectivity index (χ4v) is 1.81. The van der Waals surface area contributed by atoms with Gasteiger partial charge < -0.3 is 10.5 Å². The maximum absolute atomic E-state index is 12.1. The molecule has 0 aromatic carbocycles. The third-order valence-corrected chi connectivity index (χ3v) is 3.10. The van der Waals surface area contributed by atoms with Crippen molar-refractivity contribution < 1.29 is 9.53 Å². The van der Waals surface area contributed by atoms with Crippen molar-refractivity contribution in [1.29, 1.82) is 0 Å². The van der Waals surface area contributed by atoms with E-state index in [9.17, 15) is 4.79 Å². The Hall–Kier alpha value is -1.59. The Morgan fingerprint density at radius 3 is 2.35 bits per heavy atom. The summed E-state index contributed by atoms with van der Waals surface area (Å²) in [6.07, 6.45) is 1.18. The van der Waals surface area contributed by atoms with Crippen LogP contribution in [0.3, 0.4) is 0 Å². The Labute approximate surface area is 101 Å². The van der Waals surface area contributed by atoms with Gasteiger partial charge >= 0.3 is 5.97 Å². The molecule has 0 radical (unpaired) electrons. The van der Waals surface area contributed by atoms with Gasteiger partial charge in [-0.3, -0.25) is 4.79 Å². The summed E-state index contributed by atoms with van der Waals surface area (Å²) in [4.78, 5) is 16.3. The molecule has 96 valence electrons. The number of ether oxygens (including phenoxy) is 1. The fraction of sp³-hybridized carbons (Fsp3) is 0.727. The van der Waals surface area contributed by atoms with E-state index in [1.807, 2.05) is 13.8 Å². The molecule has 6 nitrogen and oxygen atoms in total. The zero-order chi connectivity index (χ0) is 13.1. The van der Waals surface area contributed by atoms with Gasteiger partial charge in [0.2, 0.25) is 5.95 Å². The van der Waals surface area contributed by atoms with Crippen molar-refractivity contribution in [2.45, 2.75) is 39.0 Å². The first-order chi connectivity index (χ1) is 8.01. The molecule has 0 aliphatic carbocycles. The SMILES string of the molecule is CCOC(=O)C(CC)(CC)c1nc(N)n(C)n1. The van der Waals surface area contributed by atoms with Crippen molar-refractivity contribution in [3.8, 4) is 0 Å². The smallest absolute Gasteiger partial charge is 0.319 e. The minimum Gasteiger partial charge on any atom is -0.465 e. The van der Waals surface area contributed by atoms with Crippen LogP contribution in [-0.2, 0) is 22.0 Å². The van der Waals surface area contributed by atoms with Crippen molar-refractivity contribution in [2.24, 2.45) is 7.05 Å². The van der Waals surface area contributed by atoms with Crippen molar-refractivity contribution in [2.75, 3.05) is 12.3 Å². The van der Waals surface area contributed by atoms with E-state index in [1.165, 1.54) is 4.68 Å². The predicted octanol–water partition coefficient (Wildman–Crippen LogP) is 1.02. The molecular formula is C11H20N4O2. The van der Waals surface area contributed by atoms with Crippen LogP contribution in [0.4, 0.5) is 5.95 Å². The summed E-state index contributed by atoms with van der Waals surface area (Å²) in [5, 5.41) is 4.21. The van der Waals surface area contributed by atoms with Crippen molar-refractivity contribution >= 4 is 11.9 Å². The quantitative estimate of drug-likeness (QED) is 0.777. The summed E-state index contributed by atoms with van der Waals surface area (Å²) < 4.78 is 6.59. The summed E-state index contributed by atoms with van der Waals surface area (Å²) >= 11 is 0. The average Bonchev–Trinajstić information content (AvgIpc) is 2.62. The van der Waals surface area contributed by atoms with Crippen molar-refractivity contribution in [1.82, 2.24) is 14.8 Å². The number of esters is 1. The van der Waals surface area contributed by atoms with E-state index in [2.05, 4.69) is 10.1 Å². The van der Waals surface area contributed by atoms with Crippen LogP contribution in [0, 0.1) is 0 Å². The Kier molecular flexibility index (Phi) is 4.09. The number of nitrogens with zero attached hydrogens (tertiary/aromatic N) is 3. The van der Waals surface area contributed by atoms with Crippen molar-refractivity contribution in [3.63, 3.8) is 0 Å². The van der Waals surface area contributed by atoms with Crippen LogP contribution in [0.25, 0.3) is 0 Å². The van der Waals surface area contributed by atoms with E-state index in [0.717, 1.165) is 0 Å². The highest BCUT2D eigenvalue weighted by Gasteiger charge is 2.42. The second-order valence-corrected chi connectivity index (χ2v) is 3.93. The monoisotopic (exact) mass is 240 g/mol. The number of anilines is 1. The lowest BCUT2D eigenvalue weighted by Gasteiger charge is -2.25. The fourth-order valence-electron chi connectivity index (χ4n) is 1.81. The number of hydrogen-bond donors (Lipinski definition) is 1. The number of nitrogens with two attached hydrogens (primary N) is 1. The molecule has 0 spiro atoms. The summed E-state index contributed by atoms with van der Waals surface area (Å²) in [6, 6.07) is 0. The highest BCUT2D eigenvalue weighted by atomic mass is 16.5. The number of carbonyl (C=O) groups is 1. The Morgan fingerprint density at radius 1 is 1.41 bits per heavy atom. The van der Waals surface area contributed by atoms with Gasteiger partial charge in [0, 0.05) is 7.05 Å². The summed E-state index contributed by atoms with van der Waals surface area (Å²) in [6.45, 7) is 5.98. The second kappa shape index (κ2) is 5.16. The maximum atomic E-state index is 12.1. The molecule has 6 heteroatoms. The third-order valence-electron chi connectivity index (χ3n) is 3.10. The lowest BCUT2D eigenvalue weighted by molar-refractivity contribution is -0.151. The Balaban J connectivity index is 3.19. The molecule has 0 aliphatic rings. The number of hydrogen-bond acceptors (Lipinski definition) is 5. The zero-order valence-electron chi connectivity index (χ0n) is 10.9. The maximum Gasteiger partial charge on any atom is 0.319 e. The highest BCUT2D eigenvalue weighted by Crippen LogP contribution is 2.31. The normalized spacial score (nSPS) is 11.5. The molecule has 0 saturated carbocycles. The van der Waals surface area contributed by atoms with E-state index in [1.54, 1.807) is 14.0 Å². The molecular weight excluding hydrogens is 220 g/mol. The molecule has 0 fully saturated rings. The molecule has 2 N–H and O–H groups in total. The molecule has 0 amide bonds. The zero-order valence-corrected chi connectivity index (χ0v) is 10.9. The molecule has 1 heterocycles. The lowest BCUT2D eigenvalue weighted by Crippen LogP contribution is -2.37. The van der Waals surface area contributed by atoms with Gasteiger partial charge in [-0.2, -0.15) is 10.1 Å². The third kappa shape index (κ3) is 2.25. The number of carbonyl (C=O) groups excluding carboxylic acids is 1. The minimum atomic E-state index is -0.786. The van der Waals surface area contributed by atoms with E-state index in [-0.39, 0.29) is 5.97 Å². The van der Waals surface area contributed by atoms with Gasteiger partial charge in [0.15, 0.2) is 5.82 Å². The number of nitrogen functional groups attached to an aromatic ring is 1. The van der Waals surface area contributed by atoms with Gasteiger partial charge in [-0.15, -0.1) is 0 Å². The van der Waals surface area contributed by atoms with Gasteiger partial charge in [0.1, 0.15) is 5.41 Å². The molecule has 1 aromatic rings. The van der Waals surface area contributed by atoms with Crippen LogP contribution in [0.2, 0.25) is 0 Å². The molecule has 0 saturated heterocycles. The van der Waals surface area contributed by atoms with Crippen LogP contribution in [0.5, 0.6) is 0 Å². The van der Waals surface area contributed by atoms with Crippen LogP contribution in [0.1, 0.15) is 39.4 Å².